The molecule has 0 amide bonds. The van der Waals surface area contributed by atoms with E-state index >= 15 is 0 Å². The third-order valence-corrected chi connectivity index (χ3v) is 12.0. The highest BCUT2D eigenvalue weighted by Gasteiger charge is 2.59. The van der Waals surface area contributed by atoms with Crippen molar-refractivity contribution in [1.29, 1.82) is 0 Å². The standard InChI is InChI=1S/C27H46O8S2/c1-18(7-6-14-25(2,3)35-37(31,32)33)22-10-11-23-21-9-8-19-17-20(34-36(28,29)30)12-15-26(19,4)24(21)13-16-27(22,23)5/h8,18,20-24H,6-7,9-17H2,1-5H3,(H,28,29,30)(H,31,32,33)/t18-,20+,21+,22-,23+,24+,26+,27-/m1/s1. The molecule has 0 aromatic carbocycles. The molecule has 0 aliphatic heterocycles. The van der Waals surface area contributed by atoms with Crippen LogP contribution < -0.4 is 0 Å². The summed E-state index contributed by atoms with van der Waals surface area (Å²) in [4.78, 5) is 0. The van der Waals surface area contributed by atoms with Gasteiger partial charge in [-0.25, -0.2) is 8.37 Å². The summed E-state index contributed by atoms with van der Waals surface area (Å²) < 4.78 is 72.8. The van der Waals surface area contributed by atoms with Gasteiger partial charge < -0.3 is 0 Å². The molecule has 37 heavy (non-hydrogen) atoms. The molecule has 10 heteroatoms. The molecule has 0 heterocycles. The summed E-state index contributed by atoms with van der Waals surface area (Å²) in [6.45, 7) is 10.6. The van der Waals surface area contributed by atoms with E-state index in [1.807, 2.05) is 0 Å². The van der Waals surface area contributed by atoms with Crippen LogP contribution in [-0.4, -0.2) is 37.6 Å². The van der Waals surface area contributed by atoms with Crippen LogP contribution in [0.25, 0.3) is 0 Å². The predicted molar refractivity (Wildman–Crippen MR) is 141 cm³/mol. The van der Waals surface area contributed by atoms with E-state index in [-0.39, 0.29) is 5.41 Å². The molecule has 0 saturated heterocycles. The topological polar surface area (TPSA) is 127 Å². The van der Waals surface area contributed by atoms with Crippen LogP contribution in [0.5, 0.6) is 0 Å². The first-order chi connectivity index (χ1) is 16.9. The molecule has 0 unspecified atom stereocenters. The lowest BCUT2D eigenvalue weighted by Crippen LogP contribution is -2.51. The van der Waals surface area contributed by atoms with E-state index < -0.39 is 32.5 Å². The van der Waals surface area contributed by atoms with Crippen molar-refractivity contribution >= 4 is 20.8 Å². The molecular weight excluding hydrogens is 516 g/mol. The van der Waals surface area contributed by atoms with Gasteiger partial charge in [-0.05, 0) is 112 Å². The first-order valence-corrected chi connectivity index (χ1v) is 16.7. The monoisotopic (exact) mass is 562 g/mol. The molecule has 2 N–H and O–H groups in total. The summed E-state index contributed by atoms with van der Waals surface area (Å²) in [5, 5.41) is 0. The van der Waals surface area contributed by atoms with Gasteiger partial charge in [0.1, 0.15) is 0 Å². The van der Waals surface area contributed by atoms with Crippen molar-refractivity contribution in [1.82, 2.24) is 0 Å². The fourth-order valence-corrected chi connectivity index (χ4v) is 10.4. The van der Waals surface area contributed by atoms with Crippen molar-refractivity contribution in [3.8, 4) is 0 Å². The zero-order valence-corrected chi connectivity index (χ0v) is 24.6. The quantitative estimate of drug-likeness (QED) is 0.253. The first kappa shape index (κ1) is 29.5. The minimum atomic E-state index is -4.46. The molecule has 0 aromatic rings. The lowest BCUT2D eigenvalue weighted by molar-refractivity contribution is -0.0562. The van der Waals surface area contributed by atoms with E-state index in [4.69, 9.17) is 17.5 Å². The van der Waals surface area contributed by atoms with Gasteiger partial charge in [0.25, 0.3) is 0 Å². The highest BCUT2D eigenvalue weighted by molar-refractivity contribution is 7.81. The van der Waals surface area contributed by atoms with Gasteiger partial charge in [0.05, 0.1) is 11.7 Å². The van der Waals surface area contributed by atoms with E-state index in [1.54, 1.807) is 13.8 Å². The van der Waals surface area contributed by atoms with Gasteiger partial charge in [0.2, 0.25) is 0 Å². The van der Waals surface area contributed by atoms with Gasteiger partial charge in [-0.3, -0.25) is 9.11 Å². The molecule has 4 aliphatic rings. The Bertz CT molecular complexity index is 1100. The second-order valence-corrected chi connectivity index (χ2v) is 15.6. The van der Waals surface area contributed by atoms with Crippen LogP contribution in [0.1, 0.15) is 105 Å². The number of fused-ring (bicyclic) bond motifs is 5. The third kappa shape index (κ3) is 6.30. The SMILES string of the molecule is C[C@H](CCCC(C)(C)OS(=O)(=O)O)[C@H]1CC[C@H]2[C@@H]3CC=C4C[C@@H](OS(=O)(=O)O)CC[C@]4(C)[C@H]3CC[C@]12C. The Morgan fingerprint density at radius 3 is 2.38 bits per heavy atom. The minimum Gasteiger partial charge on any atom is -0.264 e. The molecule has 0 aromatic heterocycles. The van der Waals surface area contributed by atoms with Crippen LogP contribution in [0, 0.1) is 40.4 Å². The van der Waals surface area contributed by atoms with Gasteiger partial charge in [-0.1, -0.05) is 45.3 Å². The molecule has 3 fully saturated rings. The molecule has 214 valence electrons. The Morgan fingerprint density at radius 1 is 1.03 bits per heavy atom. The van der Waals surface area contributed by atoms with E-state index in [1.165, 1.54) is 31.3 Å². The van der Waals surface area contributed by atoms with Gasteiger partial charge in [0, 0.05) is 0 Å². The van der Waals surface area contributed by atoms with E-state index in [0.717, 1.165) is 25.7 Å². The Labute approximate surface area is 223 Å². The summed E-state index contributed by atoms with van der Waals surface area (Å²) in [6, 6.07) is 0. The Hall–Kier alpha value is -0.520. The van der Waals surface area contributed by atoms with Crippen molar-refractivity contribution in [2.24, 2.45) is 40.4 Å². The second-order valence-electron chi connectivity index (χ2n) is 13.5. The van der Waals surface area contributed by atoms with Gasteiger partial charge in [0.15, 0.2) is 0 Å². The van der Waals surface area contributed by atoms with Crippen molar-refractivity contribution in [3.05, 3.63) is 11.6 Å². The van der Waals surface area contributed by atoms with Crippen LogP contribution in [-0.2, 0) is 29.2 Å². The van der Waals surface area contributed by atoms with Gasteiger partial charge in [-0.2, -0.15) is 16.8 Å². The number of allylic oxidation sites excluding steroid dienone is 1. The number of hydrogen-bond acceptors (Lipinski definition) is 6. The lowest BCUT2D eigenvalue weighted by Gasteiger charge is -2.58. The van der Waals surface area contributed by atoms with Gasteiger partial charge >= 0.3 is 20.8 Å². The zero-order valence-electron chi connectivity index (χ0n) is 23.0. The molecule has 4 rings (SSSR count). The van der Waals surface area contributed by atoms with E-state index in [9.17, 15) is 16.8 Å². The average Bonchev–Trinajstić information content (AvgIpc) is 3.08. The normalized spacial score (nSPS) is 39.3. The maximum Gasteiger partial charge on any atom is 0.397 e. The number of rotatable bonds is 9. The highest BCUT2D eigenvalue weighted by atomic mass is 32.3. The largest absolute Gasteiger partial charge is 0.397 e. The second kappa shape index (κ2) is 10.1. The molecule has 8 nitrogen and oxygen atoms in total. The molecular formula is C27H46O8S2. The van der Waals surface area contributed by atoms with E-state index in [0.29, 0.717) is 54.3 Å². The van der Waals surface area contributed by atoms with Crippen LogP contribution >= 0.6 is 0 Å². The zero-order chi connectivity index (χ0) is 27.4. The summed E-state index contributed by atoms with van der Waals surface area (Å²) in [5.41, 5.74) is 0.773. The molecule has 0 bridgehead atoms. The smallest absolute Gasteiger partial charge is 0.264 e. The summed E-state index contributed by atoms with van der Waals surface area (Å²) in [5.74, 6) is 3.10. The van der Waals surface area contributed by atoms with Crippen molar-refractivity contribution < 1.29 is 34.3 Å². The number of hydrogen-bond donors (Lipinski definition) is 2. The average molecular weight is 563 g/mol. The minimum absolute atomic E-state index is 0.0751. The van der Waals surface area contributed by atoms with Crippen LogP contribution in [0.3, 0.4) is 0 Å². The molecule has 0 spiro atoms. The Morgan fingerprint density at radius 2 is 1.73 bits per heavy atom. The highest BCUT2D eigenvalue weighted by Crippen LogP contribution is 2.67. The predicted octanol–water partition coefficient (Wildman–Crippen LogP) is 6.16. The fourth-order valence-electron chi connectivity index (χ4n) is 9.23. The summed E-state index contributed by atoms with van der Waals surface area (Å²) in [7, 11) is -8.89. The van der Waals surface area contributed by atoms with Gasteiger partial charge in [-0.15, -0.1) is 0 Å². The fraction of sp³-hybridized carbons (Fsp3) is 0.926. The Balaban J connectivity index is 1.41. The first-order valence-electron chi connectivity index (χ1n) is 14.0. The maximum absolute atomic E-state index is 11.3. The molecule has 0 radical (unpaired) electrons. The summed E-state index contributed by atoms with van der Waals surface area (Å²) in [6.07, 6.45) is 12.4. The summed E-state index contributed by atoms with van der Waals surface area (Å²) >= 11 is 0. The van der Waals surface area contributed by atoms with Crippen LogP contribution in [0.15, 0.2) is 11.6 Å². The van der Waals surface area contributed by atoms with Crippen molar-refractivity contribution in [2.45, 2.75) is 117 Å². The van der Waals surface area contributed by atoms with Crippen LogP contribution in [0.2, 0.25) is 0 Å². The van der Waals surface area contributed by atoms with Crippen molar-refractivity contribution in [2.75, 3.05) is 0 Å². The van der Waals surface area contributed by atoms with Crippen LogP contribution in [0.4, 0.5) is 0 Å². The molecule has 4 aliphatic carbocycles. The Kier molecular flexibility index (Phi) is 8.08. The lowest BCUT2D eigenvalue weighted by atomic mass is 9.47. The van der Waals surface area contributed by atoms with E-state index in [2.05, 4.69) is 26.8 Å². The van der Waals surface area contributed by atoms with Crippen molar-refractivity contribution in [3.63, 3.8) is 0 Å². The third-order valence-electron chi connectivity index (χ3n) is 10.8. The molecule has 3 saturated carbocycles. The molecule has 8 atom stereocenters. The maximum atomic E-state index is 11.3.